The molecule has 25 heavy (non-hydrogen) atoms. The molecule has 0 fully saturated rings. The average molecular weight is 339 g/mol. The molecule has 0 saturated heterocycles. The van der Waals surface area contributed by atoms with E-state index in [1.807, 2.05) is 18.2 Å². The lowest BCUT2D eigenvalue weighted by atomic mass is 9.96. The first kappa shape index (κ1) is 15.7. The summed E-state index contributed by atoms with van der Waals surface area (Å²) in [5.41, 5.74) is 2.67. The topological polar surface area (TPSA) is 51.5 Å². The predicted octanol–water partition coefficient (Wildman–Crippen LogP) is 4.47. The molecule has 1 aliphatic rings. The number of benzene rings is 2. The fourth-order valence-corrected chi connectivity index (χ4v) is 3.21. The molecular weight excluding hydrogens is 321 g/mol. The van der Waals surface area contributed by atoms with Crippen molar-refractivity contribution in [3.63, 3.8) is 0 Å². The number of nitrogens with one attached hydrogen (secondary N) is 1. The molecule has 128 valence electrons. The molecule has 1 N–H and O–H groups in total. The van der Waals surface area contributed by atoms with Gasteiger partial charge in [-0.25, -0.2) is 4.39 Å². The Bertz CT molecular complexity index is 915. The van der Waals surface area contributed by atoms with Crippen molar-refractivity contribution >= 4 is 22.6 Å². The Morgan fingerprint density at radius 3 is 2.76 bits per heavy atom. The molecule has 2 aromatic carbocycles. The second kappa shape index (κ2) is 6.59. The van der Waals surface area contributed by atoms with Gasteiger partial charge in [-0.3, -0.25) is 4.79 Å². The van der Waals surface area contributed by atoms with Gasteiger partial charge in [0.15, 0.2) is 6.61 Å². The minimum Gasteiger partial charge on any atom is -0.484 e. The third-order valence-corrected chi connectivity index (χ3v) is 4.42. The van der Waals surface area contributed by atoms with Crippen LogP contribution < -0.4 is 10.1 Å². The minimum atomic E-state index is -0.342. The van der Waals surface area contributed by atoms with Crippen LogP contribution >= 0.6 is 0 Å². The number of furan rings is 1. The Balaban J connectivity index is 1.43. The Labute approximate surface area is 144 Å². The van der Waals surface area contributed by atoms with Gasteiger partial charge in [0.05, 0.1) is 0 Å². The first-order valence-electron chi connectivity index (χ1n) is 8.41. The highest BCUT2D eigenvalue weighted by Crippen LogP contribution is 2.33. The van der Waals surface area contributed by atoms with Gasteiger partial charge in [0, 0.05) is 23.1 Å². The number of anilines is 1. The summed E-state index contributed by atoms with van der Waals surface area (Å²) in [6.07, 6.45) is 4.35. The van der Waals surface area contributed by atoms with Crippen LogP contribution in [-0.2, 0) is 17.6 Å². The molecule has 0 spiro atoms. The molecule has 0 radical (unpaired) electrons. The van der Waals surface area contributed by atoms with Crippen LogP contribution in [0.2, 0.25) is 0 Å². The van der Waals surface area contributed by atoms with Crippen LogP contribution in [0, 0.1) is 5.82 Å². The van der Waals surface area contributed by atoms with E-state index in [1.165, 1.54) is 42.7 Å². The molecule has 5 heteroatoms. The summed E-state index contributed by atoms with van der Waals surface area (Å²) in [5.74, 6) is 1.08. The van der Waals surface area contributed by atoms with E-state index in [0.717, 1.165) is 29.6 Å². The minimum absolute atomic E-state index is 0.108. The predicted molar refractivity (Wildman–Crippen MR) is 93.4 cm³/mol. The number of fused-ring (bicyclic) bond motifs is 3. The SMILES string of the molecule is O=C(COc1ccc2oc3c(c2c1)CCCC3)Nc1ccc(F)cc1. The largest absolute Gasteiger partial charge is 0.484 e. The highest BCUT2D eigenvalue weighted by molar-refractivity contribution is 5.92. The smallest absolute Gasteiger partial charge is 0.262 e. The first-order valence-corrected chi connectivity index (χ1v) is 8.41. The van der Waals surface area contributed by atoms with Crippen molar-refractivity contribution in [2.24, 2.45) is 0 Å². The fourth-order valence-electron chi connectivity index (χ4n) is 3.21. The van der Waals surface area contributed by atoms with Crippen molar-refractivity contribution < 1.29 is 18.3 Å². The van der Waals surface area contributed by atoms with Gasteiger partial charge in [0.25, 0.3) is 5.91 Å². The third-order valence-electron chi connectivity index (χ3n) is 4.42. The van der Waals surface area contributed by atoms with E-state index in [2.05, 4.69) is 5.32 Å². The maximum absolute atomic E-state index is 12.9. The number of carbonyl (C=O) groups is 1. The summed E-state index contributed by atoms with van der Waals surface area (Å²) in [5, 5.41) is 3.75. The second-order valence-corrected chi connectivity index (χ2v) is 6.21. The molecule has 0 aliphatic heterocycles. The summed E-state index contributed by atoms with van der Waals surface area (Å²) in [7, 11) is 0. The van der Waals surface area contributed by atoms with E-state index in [-0.39, 0.29) is 18.3 Å². The molecular formula is C20H18FNO3. The lowest BCUT2D eigenvalue weighted by Gasteiger charge is -2.09. The van der Waals surface area contributed by atoms with Gasteiger partial charge in [-0.2, -0.15) is 0 Å². The Hall–Kier alpha value is -2.82. The molecule has 1 heterocycles. The molecule has 1 aliphatic carbocycles. The molecule has 4 rings (SSSR count). The maximum atomic E-state index is 12.9. The molecule has 4 nitrogen and oxygen atoms in total. The van der Waals surface area contributed by atoms with Crippen molar-refractivity contribution in [3.8, 4) is 5.75 Å². The Morgan fingerprint density at radius 2 is 1.92 bits per heavy atom. The van der Waals surface area contributed by atoms with Crippen molar-refractivity contribution in [1.82, 2.24) is 0 Å². The monoisotopic (exact) mass is 339 g/mol. The van der Waals surface area contributed by atoms with E-state index in [9.17, 15) is 9.18 Å². The first-order chi connectivity index (χ1) is 12.2. The Morgan fingerprint density at radius 1 is 1.12 bits per heavy atom. The number of ether oxygens (including phenoxy) is 1. The van der Waals surface area contributed by atoms with Crippen molar-refractivity contribution in [1.29, 1.82) is 0 Å². The summed E-state index contributed by atoms with van der Waals surface area (Å²) in [6, 6.07) is 11.3. The van der Waals surface area contributed by atoms with Crippen LogP contribution in [0.1, 0.15) is 24.2 Å². The van der Waals surface area contributed by atoms with Crippen LogP contribution in [0.4, 0.5) is 10.1 Å². The maximum Gasteiger partial charge on any atom is 0.262 e. The van der Waals surface area contributed by atoms with E-state index < -0.39 is 0 Å². The van der Waals surface area contributed by atoms with Crippen LogP contribution in [0.5, 0.6) is 5.75 Å². The summed E-state index contributed by atoms with van der Waals surface area (Å²) in [6.45, 7) is -0.108. The number of halogens is 1. The van der Waals surface area contributed by atoms with Crippen LogP contribution in [0.3, 0.4) is 0 Å². The van der Waals surface area contributed by atoms with Gasteiger partial charge >= 0.3 is 0 Å². The highest BCUT2D eigenvalue weighted by atomic mass is 19.1. The molecule has 3 aromatic rings. The molecule has 1 aromatic heterocycles. The third kappa shape index (κ3) is 3.36. The summed E-state index contributed by atoms with van der Waals surface area (Å²) in [4.78, 5) is 12.0. The van der Waals surface area contributed by atoms with Gasteiger partial charge < -0.3 is 14.5 Å². The zero-order chi connectivity index (χ0) is 17.2. The molecule has 0 unspecified atom stereocenters. The molecule has 0 bridgehead atoms. The molecule has 1 amide bonds. The number of aryl methyl sites for hydroxylation is 2. The van der Waals surface area contributed by atoms with E-state index in [1.54, 1.807) is 0 Å². The van der Waals surface area contributed by atoms with E-state index >= 15 is 0 Å². The summed E-state index contributed by atoms with van der Waals surface area (Å²) < 4.78 is 24.4. The van der Waals surface area contributed by atoms with Gasteiger partial charge in [0.2, 0.25) is 0 Å². The normalized spacial score (nSPS) is 13.5. The van der Waals surface area contributed by atoms with Gasteiger partial charge in [0.1, 0.15) is 22.9 Å². The Kier molecular flexibility index (Phi) is 4.14. The second-order valence-electron chi connectivity index (χ2n) is 6.21. The quantitative estimate of drug-likeness (QED) is 0.763. The zero-order valence-electron chi connectivity index (χ0n) is 13.7. The van der Waals surface area contributed by atoms with Gasteiger partial charge in [-0.15, -0.1) is 0 Å². The van der Waals surface area contributed by atoms with Crippen LogP contribution in [-0.4, -0.2) is 12.5 Å². The number of amides is 1. The van der Waals surface area contributed by atoms with Gasteiger partial charge in [-0.05, 0) is 61.7 Å². The number of hydrogen-bond acceptors (Lipinski definition) is 3. The molecule has 0 saturated carbocycles. The van der Waals surface area contributed by atoms with Crippen LogP contribution in [0.15, 0.2) is 46.9 Å². The highest BCUT2D eigenvalue weighted by Gasteiger charge is 2.18. The number of carbonyl (C=O) groups excluding carboxylic acids is 1. The fraction of sp³-hybridized carbons (Fsp3) is 0.250. The standard InChI is InChI=1S/C20H18FNO3/c21-13-5-7-14(8-6-13)22-20(23)12-24-15-9-10-19-17(11-15)16-3-1-2-4-18(16)25-19/h5-11H,1-4,12H2,(H,22,23). The average Bonchev–Trinajstić information content (AvgIpc) is 3.00. The van der Waals surface area contributed by atoms with E-state index in [0.29, 0.717) is 11.4 Å². The number of rotatable bonds is 4. The van der Waals surface area contributed by atoms with Crippen molar-refractivity contribution in [3.05, 3.63) is 59.6 Å². The lowest BCUT2D eigenvalue weighted by molar-refractivity contribution is -0.118. The van der Waals surface area contributed by atoms with E-state index in [4.69, 9.17) is 9.15 Å². The zero-order valence-corrected chi connectivity index (χ0v) is 13.7. The lowest BCUT2D eigenvalue weighted by Crippen LogP contribution is -2.20. The summed E-state index contributed by atoms with van der Waals surface area (Å²) >= 11 is 0. The van der Waals surface area contributed by atoms with Crippen molar-refractivity contribution in [2.45, 2.75) is 25.7 Å². The van der Waals surface area contributed by atoms with Gasteiger partial charge in [-0.1, -0.05) is 0 Å². The van der Waals surface area contributed by atoms with Crippen molar-refractivity contribution in [2.75, 3.05) is 11.9 Å². The number of hydrogen-bond donors (Lipinski definition) is 1. The van der Waals surface area contributed by atoms with Crippen LogP contribution in [0.25, 0.3) is 11.0 Å². The molecule has 0 atom stereocenters.